The second-order valence-corrected chi connectivity index (χ2v) is 3.46. The van der Waals surface area contributed by atoms with E-state index in [2.05, 4.69) is 15.0 Å². The van der Waals surface area contributed by atoms with Gasteiger partial charge in [0.2, 0.25) is 0 Å². The highest BCUT2D eigenvalue weighted by molar-refractivity contribution is 6.32. The Labute approximate surface area is 88.5 Å². The van der Waals surface area contributed by atoms with E-state index in [4.69, 9.17) is 4.74 Å². The van der Waals surface area contributed by atoms with Gasteiger partial charge in [0, 0.05) is 19.6 Å². The third-order valence-electron chi connectivity index (χ3n) is 2.20. The van der Waals surface area contributed by atoms with E-state index in [0.29, 0.717) is 13.2 Å². The van der Waals surface area contributed by atoms with Crippen LogP contribution in [-0.2, 0) is 19.1 Å². The highest BCUT2D eigenvalue weighted by Crippen LogP contribution is 2.01. The number of ether oxygens (including phenoxy) is 2. The largest absolute Gasteiger partial charge is 0.462 e. The maximum Gasteiger partial charge on any atom is 0.396 e. The minimum Gasteiger partial charge on any atom is -0.462 e. The van der Waals surface area contributed by atoms with E-state index in [-0.39, 0.29) is 6.10 Å². The number of hydrogen-bond donors (Lipinski definition) is 1. The number of esters is 1. The van der Waals surface area contributed by atoms with Gasteiger partial charge < -0.3 is 19.7 Å². The van der Waals surface area contributed by atoms with E-state index in [0.717, 1.165) is 13.1 Å². The summed E-state index contributed by atoms with van der Waals surface area (Å²) >= 11 is 0. The molecule has 1 fully saturated rings. The van der Waals surface area contributed by atoms with Crippen molar-refractivity contribution in [2.45, 2.75) is 6.10 Å². The summed E-state index contributed by atoms with van der Waals surface area (Å²) in [4.78, 5) is 23.9. The van der Waals surface area contributed by atoms with E-state index in [9.17, 15) is 9.59 Å². The van der Waals surface area contributed by atoms with E-state index in [1.54, 1.807) is 0 Å². The summed E-state index contributed by atoms with van der Waals surface area (Å²) in [7, 11) is 3.16. The summed E-state index contributed by atoms with van der Waals surface area (Å²) < 4.78 is 9.67. The number of amides is 1. The molecule has 1 aliphatic rings. The van der Waals surface area contributed by atoms with Gasteiger partial charge in [-0.05, 0) is 7.05 Å². The maximum atomic E-state index is 11.0. The highest BCUT2D eigenvalue weighted by Gasteiger charge is 2.20. The Morgan fingerprint density at radius 2 is 2.33 bits per heavy atom. The van der Waals surface area contributed by atoms with Crippen LogP contribution in [0.25, 0.3) is 0 Å². The molecule has 0 aromatic carbocycles. The highest BCUT2D eigenvalue weighted by atomic mass is 16.5. The van der Waals surface area contributed by atoms with Crippen LogP contribution in [0.15, 0.2) is 0 Å². The van der Waals surface area contributed by atoms with Crippen LogP contribution in [0.3, 0.4) is 0 Å². The van der Waals surface area contributed by atoms with Gasteiger partial charge in [-0.3, -0.25) is 4.79 Å². The molecular formula is C9H16N2O4. The van der Waals surface area contributed by atoms with Crippen molar-refractivity contribution in [1.29, 1.82) is 0 Å². The minimum atomic E-state index is -0.876. The second kappa shape index (κ2) is 5.67. The molecule has 1 aliphatic heterocycles. The number of carbonyl (C=O) groups is 2. The van der Waals surface area contributed by atoms with Crippen LogP contribution in [0, 0.1) is 0 Å². The van der Waals surface area contributed by atoms with Crippen LogP contribution in [0.1, 0.15) is 0 Å². The fourth-order valence-corrected chi connectivity index (χ4v) is 1.36. The average Bonchev–Trinajstić information content (AvgIpc) is 2.25. The monoisotopic (exact) mass is 216 g/mol. The SMILES string of the molecule is COC(=O)C(=O)NCC1CN(C)CCO1. The molecule has 0 radical (unpaired) electrons. The molecule has 0 aromatic rings. The molecule has 0 spiro atoms. The van der Waals surface area contributed by atoms with Crippen molar-refractivity contribution in [3.63, 3.8) is 0 Å². The van der Waals surface area contributed by atoms with Crippen molar-refractivity contribution >= 4 is 11.9 Å². The first kappa shape index (κ1) is 11.9. The number of nitrogens with zero attached hydrogens (tertiary/aromatic N) is 1. The Morgan fingerprint density at radius 3 is 2.93 bits per heavy atom. The zero-order valence-corrected chi connectivity index (χ0v) is 8.99. The van der Waals surface area contributed by atoms with Crippen LogP contribution < -0.4 is 5.32 Å². The number of likely N-dealkylation sites (N-methyl/N-ethyl adjacent to an activating group) is 1. The van der Waals surface area contributed by atoms with E-state index in [1.807, 2.05) is 7.05 Å². The lowest BCUT2D eigenvalue weighted by atomic mass is 10.3. The molecule has 15 heavy (non-hydrogen) atoms. The first-order valence-corrected chi connectivity index (χ1v) is 4.79. The average molecular weight is 216 g/mol. The Balaban J connectivity index is 2.24. The molecule has 86 valence electrons. The van der Waals surface area contributed by atoms with Gasteiger partial charge in [-0.1, -0.05) is 0 Å². The smallest absolute Gasteiger partial charge is 0.396 e. The van der Waals surface area contributed by atoms with Gasteiger partial charge >= 0.3 is 11.9 Å². The predicted molar refractivity (Wildman–Crippen MR) is 52.3 cm³/mol. The molecule has 1 rings (SSSR count). The summed E-state index contributed by atoms with van der Waals surface area (Å²) in [6.45, 7) is 2.62. The van der Waals surface area contributed by atoms with Gasteiger partial charge in [-0.25, -0.2) is 4.79 Å². The molecule has 1 atom stereocenters. The summed E-state index contributed by atoms with van der Waals surface area (Å²) in [6, 6.07) is 0. The molecule has 1 unspecified atom stereocenters. The normalized spacial score (nSPS) is 22.1. The molecule has 0 bridgehead atoms. The lowest BCUT2D eigenvalue weighted by Gasteiger charge is -2.29. The summed E-state index contributed by atoms with van der Waals surface area (Å²) in [5.41, 5.74) is 0. The van der Waals surface area contributed by atoms with Crippen molar-refractivity contribution in [1.82, 2.24) is 10.2 Å². The van der Waals surface area contributed by atoms with Crippen LogP contribution >= 0.6 is 0 Å². The van der Waals surface area contributed by atoms with Crippen LogP contribution in [0.2, 0.25) is 0 Å². The second-order valence-electron chi connectivity index (χ2n) is 3.46. The van der Waals surface area contributed by atoms with Crippen molar-refractivity contribution in [3.05, 3.63) is 0 Å². The van der Waals surface area contributed by atoms with Gasteiger partial charge in [-0.2, -0.15) is 0 Å². The molecule has 1 saturated heterocycles. The molecule has 0 saturated carbocycles. The van der Waals surface area contributed by atoms with E-state index in [1.165, 1.54) is 7.11 Å². The van der Waals surface area contributed by atoms with Crippen molar-refractivity contribution < 1.29 is 19.1 Å². The number of morpholine rings is 1. The first-order chi connectivity index (χ1) is 7.13. The molecule has 1 N–H and O–H groups in total. The van der Waals surface area contributed by atoms with Gasteiger partial charge in [0.25, 0.3) is 0 Å². The number of nitrogens with one attached hydrogen (secondary N) is 1. The lowest BCUT2D eigenvalue weighted by molar-refractivity contribution is -0.153. The Hall–Kier alpha value is -1.14. The van der Waals surface area contributed by atoms with E-state index >= 15 is 0 Å². The zero-order chi connectivity index (χ0) is 11.3. The predicted octanol–water partition coefficient (Wildman–Crippen LogP) is -1.39. The number of carbonyl (C=O) groups excluding carboxylic acids is 2. The van der Waals surface area contributed by atoms with Crippen LogP contribution in [0.4, 0.5) is 0 Å². The zero-order valence-electron chi connectivity index (χ0n) is 8.99. The molecule has 1 heterocycles. The topological polar surface area (TPSA) is 67.9 Å². The lowest BCUT2D eigenvalue weighted by Crippen LogP contribution is -2.47. The van der Waals surface area contributed by atoms with Gasteiger partial charge in [0.05, 0.1) is 19.8 Å². The van der Waals surface area contributed by atoms with Crippen molar-refractivity contribution in [2.75, 3.05) is 40.4 Å². The minimum absolute atomic E-state index is 0.0580. The van der Waals surface area contributed by atoms with Gasteiger partial charge in [-0.15, -0.1) is 0 Å². The third-order valence-corrected chi connectivity index (χ3v) is 2.20. The standard InChI is InChI=1S/C9H16N2O4/c1-11-3-4-15-7(6-11)5-10-8(12)9(13)14-2/h7H,3-6H2,1-2H3,(H,10,12). The fraction of sp³-hybridized carbons (Fsp3) is 0.778. The Morgan fingerprint density at radius 1 is 1.60 bits per heavy atom. The Kier molecular flexibility index (Phi) is 4.51. The van der Waals surface area contributed by atoms with Gasteiger partial charge in [0.15, 0.2) is 0 Å². The first-order valence-electron chi connectivity index (χ1n) is 4.79. The van der Waals surface area contributed by atoms with Crippen molar-refractivity contribution in [2.24, 2.45) is 0 Å². The van der Waals surface area contributed by atoms with Crippen molar-refractivity contribution in [3.8, 4) is 0 Å². The number of methoxy groups -OCH3 is 1. The fourth-order valence-electron chi connectivity index (χ4n) is 1.36. The van der Waals surface area contributed by atoms with Crippen LogP contribution in [0.5, 0.6) is 0 Å². The van der Waals surface area contributed by atoms with Gasteiger partial charge in [0.1, 0.15) is 0 Å². The van der Waals surface area contributed by atoms with E-state index < -0.39 is 11.9 Å². The molecule has 0 aliphatic carbocycles. The maximum absolute atomic E-state index is 11.0. The Bertz CT molecular complexity index is 244. The number of rotatable bonds is 2. The molecule has 6 nitrogen and oxygen atoms in total. The third kappa shape index (κ3) is 3.85. The quantitative estimate of drug-likeness (QED) is 0.454. The molecule has 0 aromatic heterocycles. The summed E-state index contributed by atoms with van der Waals surface area (Å²) in [5, 5.41) is 2.46. The number of hydrogen-bond acceptors (Lipinski definition) is 5. The van der Waals surface area contributed by atoms with Crippen LogP contribution in [-0.4, -0.2) is 63.3 Å². The molecule has 6 heteroatoms. The summed E-state index contributed by atoms with van der Waals surface area (Å²) in [5.74, 6) is -1.60. The summed E-state index contributed by atoms with van der Waals surface area (Å²) in [6.07, 6.45) is -0.0580. The molecule has 1 amide bonds. The molecular weight excluding hydrogens is 200 g/mol.